The number of benzene rings is 1. The topological polar surface area (TPSA) is 45.1 Å². The van der Waals surface area contributed by atoms with Crippen LogP contribution in [0.4, 0.5) is 5.69 Å². The van der Waals surface area contributed by atoms with E-state index in [4.69, 9.17) is 16.3 Å². The molecule has 2 aliphatic rings. The van der Waals surface area contributed by atoms with Crippen LogP contribution in [0.5, 0.6) is 0 Å². The maximum absolute atomic E-state index is 12.5. The number of hydrogen-bond donors (Lipinski definition) is 0. The zero-order valence-electron chi connectivity index (χ0n) is 11.8. The van der Waals surface area contributed by atoms with Gasteiger partial charge in [-0.05, 0) is 31.2 Å². The van der Waals surface area contributed by atoms with Crippen LogP contribution in [-0.2, 0) is 9.53 Å². The van der Waals surface area contributed by atoms with Gasteiger partial charge >= 0.3 is 0 Å². The number of carbonyl (C=O) groups excluding carboxylic acids is 1. The van der Waals surface area contributed by atoms with E-state index >= 15 is 0 Å². The van der Waals surface area contributed by atoms with Crippen molar-refractivity contribution in [3.63, 3.8) is 0 Å². The van der Waals surface area contributed by atoms with Crippen LogP contribution in [0, 0.1) is 0 Å². The number of hydrogen-bond acceptors (Lipinski definition) is 4. The van der Waals surface area contributed by atoms with E-state index in [-0.39, 0.29) is 5.91 Å². The molecule has 0 saturated carbocycles. The molecular weight excluding hydrogens is 290 g/mol. The van der Waals surface area contributed by atoms with Gasteiger partial charge in [0, 0.05) is 24.3 Å². The zero-order chi connectivity index (χ0) is 14.8. The van der Waals surface area contributed by atoms with Crippen molar-refractivity contribution in [3.8, 4) is 0 Å². The Labute approximate surface area is 128 Å². The zero-order valence-corrected chi connectivity index (χ0v) is 12.5. The fourth-order valence-corrected chi connectivity index (χ4v) is 2.44. The third-order valence-electron chi connectivity index (χ3n) is 3.49. The summed E-state index contributed by atoms with van der Waals surface area (Å²) in [6, 6.07) is 7.07. The van der Waals surface area contributed by atoms with Gasteiger partial charge < -0.3 is 9.64 Å². The van der Waals surface area contributed by atoms with Crippen molar-refractivity contribution in [2.24, 2.45) is 5.10 Å². The van der Waals surface area contributed by atoms with Crippen LogP contribution in [0.2, 0.25) is 5.02 Å². The molecule has 1 aromatic carbocycles. The van der Waals surface area contributed by atoms with Gasteiger partial charge in [0.25, 0.3) is 5.91 Å². The van der Waals surface area contributed by atoms with Gasteiger partial charge in [-0.1, -0.05) is 11.6 Å². The maximum Gasteiger partial charge on any atom is 0.282 e. The molecule has 0 spiro atoms. The van der Waals surface area contributed by atoms with Crippen molar-refractivity contribution >= 4 is 28.9 Å². The van der Waals surface area contributed by atoms with Gasteiger partial charge in [-0.2, -0.15) is 10.1 Å². The summed E-state index contributed by atoms with van der Waals surface area (Å²) in [5.41, 5.74) is 2.07. The molecule has 1 saturated heterocycles. The molecule has 1 aromatic rings. The van der Waals surface area contributed by atoms with Gasteiger partial charge in [0.1, 0.15) is 0 Å². The highest BCUT2D eigenvalue weighted by Crippen LogP contribution is 2.25. The lowest BCUT2D eigenvalue weighted by atomic mass is 10.2. The first-order valence-electron chi connectivity index (χ1n) is 6.84. The molecule has 21 heavy (non-hydrogen) atoms. The highest BCUT2D eigenvalue weighted by Gasteiger charge is 2.29. The van der Waals surface area contributed by atoms with Gasteiger partial charge in [0.2, 0.25) is 0 Å². The van der Waals surface area contributed by atoms with E-state index in [1.165, 1.54) is 5.01 Å². The predicted octanol–water partition coefficient (Wildman–Crippen LogP) is 2.28. The van der Waals surface area contributed by atoms with Crippen LogP contribution in [0.3, 0.4) is 0 Å². The number of hydrazone groups is 1. The Hall–Kier alpha value is -1.85. The van der Waals surface area contributed by atoms with Crippen molar-refractivity contribution in [1.82, 2.24) is 4.90 Å². The lowest BCUT2D eigenvalue weighted by Crippen LogP contribution is -2.33. The molecule has 0 aromatic heterocycles. The Morgan fingerprint density at radius 3 is 2.57 bits per heavy atom. The maximum atomic E-state index is 12.5. The van der Waals surface area contributed by atoms with Crippen molar-refractivity contribution < 1.29 is 9.53 Å². The molecule has 0 radical (unpaired) electrons. The molecule has 2 aliphatic heterocycles. The van der Waals surface area contributed by atoms with Crippen LogP contribution in [0.25, 0.3) is 0 Å². The van der Waals surface area contributed by atoms with E-state index < -0.39 is 0 Å². The smallest absolute Gasteiger partial charge is 0.282 e. The number of ether oxygens (including phenoxy) is 1. The first-order chi connectivity index (χ1) is 10.1. The van der Waals surface area contributed by atoms with Gasteiger partial charge in [-0.3, -0.25) is 4.79 Å². The number of anilines is 1. The lowest BCUT2D eigenvalue weighted by Gasteiger charge is -2.25. The average molecular weight is 306 g/mol. The number of rotatable bonds is 2. The molecule has 110 valence electrons. The Bertz CT molecular complexity index is 604. The Morgan fingerprint density at radius 2 is 1.90 bits per heavy atom. The number of amides is 1. The van der Waals surface area contributed by atoms with Crippen LogP contribution in [0.1, 0.15) is 6.92 Å². The summed E-state index contributed by atoms with van der Waals surface area (Å²) in [6.07, 6.45) is 1.89. The second-order valence-electron chi connectivity index (χ2n) is 4.97. The number of morpholine rings is 1. The van der Waals surface area contributed by atoms with Gasteiger partial charge in [0.05, 0.1) is 30.2 Å². The Balaban J connectivity index is 1.83. The number of nitrogens with zero attached hydrogens (tertiary/aromatic N) is 3. The van der Waals surface area contributed by atoms with Crippen molar-refractivity contribution in [2.75, 3.05) is 31.3 Å². The van der Waals surface area contributed by atoms with E-state index in [0.717, 1.165) is 18.8 Å². The van der Waals surface area contributed by atoms with Gasteiger partial charge in [-0.15, -0.1) is 0 Å². The molecule has 6 heteroatoms. The van der Waals surface area contributed by atoms with E-state index in [1.807, 2.05) is 13.1 Å². The van der Waals surface area contributed by atoms with Gasteiger partial charge in [-0.25, -0.2) is 0 Å². The van der Waals surface area contributed by atoms with Crippen LogP contribution >= 0.6 is 11.6 Å². The van der Waals surface area contributed by atoms with E-state index in [0.29, 0.717) is 29.5 Å². The molecule has 0 atom stereocenters. The second kappa shape index (κ2) is 5.87. The molecule has 1 amide bonds. The number of carbonyl (C=O) groups is 1. The summed E-state index contributed by atoms with van der Waals surface area (Å²) >= 11 is 5.87. The van der Waals surface area contributed by atoms with Crippen molar-refractivity contribution in [1.29, 1.82) is 0 Å². The van der Waals surface area contributed by atoms with E-state index in [9.17, 15) is 4.79 Å². The molecule has 1 fully saturated rings. The summed E-state index contributed by atoms with van der Waals surface area (Å²) in [7, 11) is 0. The minimum absolute atomic E-state index is 0.110. The molecule has 5 nitrogen and oxygen atoms in total. The van der Waals surface area contributed by atoms with Crippen LogP contribution < -0.4 is 5.01 Å². The molecule has 2 heterocycles. The first kappa shape index (κ1) is 14.1. The van der Waals surface area contributed by atoms with E-state index in [2.05, 4.69) is 10.0 Å². The Kier molecular flexibility index (Phi) is 3.94. The quantitative estimate of drug-likeness (QED) is 0.788. The average Bonchev–Trinajstić information content (AvgIpc) is 2.77. The predicted molar refractivity (Wildman–Crippen MR) is 82.5 cm³/mol. The minimum atomic E-state index is -0.110. The summed E-state index contributed by atoms with van der Waals surface area (Å²) in [5.74, 6) is -0.110. The summed E-state index contributed by atoms with van der Waals surface area (Å²) in [4.78, 5) is 14.6. The lowest BCUT2D eigenvalue weighted by molar-refractivity contribution is -0.114. The van der Waals surface area contributed by atoms with Crippen molar-refractivity contribution in [2.45, 2.75) is 6.92 Å². The fraction of sp³-hybridized carbons (Fsp3) is 0.333. The van der Waals surface area contributed by atoms with Crippen LogP contribution in [0.15, 0.2) is 41.1 Å². The monoisotopic (exact) mass is 305 g/mol. The SMILES string of the molecule is CC1=NN(c2ccc(Cl)cc2)C(=O)/C1=C\N1CCOCC1. The highest BCUT2D eigenvalue weighted by atomic mass is 35.5. The molecule has 0 aliphatic carbocycles. The summed E-state index contributed by atoms with van der Waals surface area (Å²) in [6.45, 7) is 4.82. The number of halogens is 1. The van der Waals surface area contributed by atoms with E-state index in [1.54, 1.807) is 24.3 Å². The minimum Gasteiger partial charge on any atom is -0.378 e. The first-order valence-corrected chi connectivity index (χ1v) is 7.22. The molecule has 3 rings (SSSR count). The Morgan fingerprint density at radius 1 is 1.24 bits per heavy atom. The van der Waals surface area contributed by atoms with Crippen LogP contribution in [-0.4, -0.2) is 42.8 Å². The largest absolute Gasteiger partial charge is 0.378 e. The summed E-state index contributed by atoms with van der Waals surface area (Å²) in [5, 5.41) is 6.40. The molecule has 0 bridgehead atoms. The molecule has 0 unspecified atom stereocenters. The molecular formula is C15H16ClN3O2. The standard InChI is InChI=1S/C15H16ClN3O2/c1-11-14(10-18-6-8-21-9-7-18)15(20)19(17-11)13-4-2-12(16)3-5-13/h2-5,10H,6-9H2,1H3/b14-10-. The summed E-state index contributed by atoms with van der Waals surface area (Å²) < 4.78 is 5.31. The van der Waals surface area contributed by atoms with Crippen molar-refractivity contribution in [3.05, 3.63) is 41.1 Å². The van der Waals surface area contributed by atoms with Gasteiger partial charge in [0.15, 0.2) is 0 Å². The fourth-order valence-electron chi connectivity index (χ4n) is 2.31. The second-order valence-corrected chi connectivity index (χ2v) is 5.41. The molecule has 0 N–H and O–H groups in total. The highest BCUT2D eigenvalue weighted by molar-refractivity contribution is 6.31. The third kappa shape index (κ3) is 2.94. The normalized spacial score (nSPS) is 21.1. The third-order valence-corrected chi connectivity index (χ3v) is 3.74.